The van der Waals surface area contributed by atoms with Gasteiger partial charge in [-0.05, 0) is 51.4 Å². The second-order valence-electron chi connectivity index (χ2n) is 7.26. The molecule has 2 fully saturated rings. The van der Waals surface area contributed by atoms with Gasteiger partial charge in [-0.3, -0.25) is 14.3 Å². The Morgan fingerprint density at radius 2 is 2.04 bits per heavy atom. The van der Waals surface area contributed by atoms with Crippen LogP contribution in [0.3, 0.4) is 0 Å². The molecule has 0 radical (unpaired) electrons. The van der Waals surface area contributed by atoms with Crippen molar-refractivity contribution in [3.05, 3.63) is 32.6 Å². The number of urea groups is 1. The molecule has 0 spiro atoms. The molecule has 24 heavy (non-hydrogen) atoms. The van der Waals surface area contributed by atoms with Gasteiger partial charge in [0.2, 0.25) is 0 Å². The van der Waals surface area contributed by atoms with Crippen LogP contribution in [0.2, 0.25) is 0 Å². The van der Waals surface area contributed by atoms with Crippen molar-refractivity contribution in [3.63, 3.8) is 0 Å². The highest BCUT2D eigenvalue weighted by Gasteiger charge is 2.35. The summed E-state index contributed by atoms with van der Waals surface area (Å²) in [7, 11) is 0. The van der Waals surface area contributed by atoms with Crippen molar-refractivity contribution < 1.29 is 4.79 Å². The van der Waals surface area contributed by atoms with Crippen LogP contribution in [0.25, 0.3) is 0 Å². The van der Waals surface area contributed by atoms with Crippen molar-refractivity contribution in [3.8, 4) is 0 Å². The first-order valence-electron chi connectivity index (χ1n) is 8.83. The highest BCUT2D eigenvalue weighted by Crippen LogP contribution is 2.40. The Morgan fingerprint density at radius 1 is 1.29 bits per heavy atom. The predicted molar refractivity (Wildman–Crippen MR) is 91.0 cm³/mol. The zero-order chi connectivity index (χ0) is 17.3. The maximum absolute atomic E-state index is 12.4. The molecule has 0 bridgehead atoms. The maximum Gasteiger partial charge on any atom is 0.328 e. The van der Waals surface area contributed by atoms with Crippen LogP contribution in [0.15, 0.2) is 15.8 Å². The summed E-state index contributed by atoms with van der Waals surface area (Å²) in [5, 5.41) is 2.83. The molecule has 2 amide bonds. The molecule has 1 saturated carbocycles. The van der Waals surface area contributed by atoms with E-state index in [0.29, 0.717) is 11.5 Å². The number of likely N-dealkylation sites (tertiary alicyclic amines) is 1. The van der Waals surface area contributed by atoms with Crippen LogP contribution in [0.5, 0.6) is 0 Å². The van der Waals surface area contributed by atoms with Crippen LogP contribution in [-0.4, -0.2) is 33.6 Å². The molecule has 1 aliphatic heterocycles. The van der Waals surface area contributed by atoms with Crippen LogP contribution in [0, 0.1) is 11.8 Å². The lowest BCUT2D eigenvalue weighted by atomic mass is 9.94. The van der Waals surface area contributed by atoms with E-state index in [2.05, 4.69) is 10.3 Å². The van der Waals surface area contributed by atoms with E-state index in [1.807, 2.05) is 18.7 Å². The Morgan fingerprint density at radius 3 is 2.71 bits per heavy atom. The van der Waals surface area contributed by atoms with E-state index in [1.165, 1.54) is 30.0 Å². The Labute approximate surface area is 141 Å². The van der Waals surface area contributed by atoms with Gasteiger partial charge in [-0.25, -0.2) is 9.59 Å². The zero-order valence-corrected chi connectivity index (χ0v) is 14.4. The summed E-state index contributed by atoms with van der Waals surface area (Å²) in [6.45, 7) is 5.46. The number of H-pyrrole nitrogens is 1. The average Bonchev–Trinajstić information content (AvgIpc) is 3.38. The number of piperidine rings is 1. The monoisotopic (exact) mass is 334 g/mol. The summed E-state index contributed by atoms with van der Waals surface area (Å²) in [6, 6.07) is -0.174. The molecular weight excluding hydrogens is 308 g/mol. The van der Waals surface area contributed by atoms with Crippen molar-refractivity contribution >= 4 is 6.03 Å². The van der Waals surface area contributed by atoms with Gasteiger partial charge in [0.15, 0.2) is 0 Å². The minimum Gasteiger partial charge on any atom is -0.334 e. The first-order chi connectivity index (χ1) is 11.5. The van der Waals surface area contributed by atoms with Crippen LogP contribution < -0.4 is 16.6 Å². The number of nitrogens with one attached hydrogen (secondary N) is 2. The fraction of sp³-hybridized carbons (Fsp3) is 0.706. The predicted octanol–water partition coefficient (Wildman–Crippen LogP) is 1.45. The molecule has 7 heteroatoms. The van der Waals surface area contributed by atoms with E-state index in [9.17, 15) is 14.4 Å². The minimum atomic E-state index is -0.438. The van der Waals surface area contributed by atoms with Crippen molar-refractivity contribution in [1.29, 1.82) is 0 Å². The minimum absolute atomic E-state index is 0.0507. The Kier molecular flexibility index (Phi) is 4.78. The number of hydrogen-bond acceptors (Lipinski definition) is 3. The Bertz CT molecular complexity index is 717. The van der Waals surface area contributed by atoms with Gasteiger partial charge in [0.05, 0.1) is 12.1 Å². The fourth-order valence-corrected chi connectivity index (χ4v) is 3.47. The van der Waals surface area contributed by atoms with E-state index in [4.69, 9.17) is 0 Å². The number of aromatic amines is 1. The Balaban J connectivity index is 1.62. The van der Waals surface area contributed by atoms with Gasteiger partial charge in [-0.2, -0.15) is 0 Å². The summed E-state index contributed by atoms with van der Waals surface area (Å²) in [6.07, 6.45) is 6.40. The number of carbonyl (C=O) groups is 1. The van der Waals surface area contributed by atoms with Crippen molar-refractivity contribution in [2.45, 2.75) is 52.1 Å². The lowest BCUT2D eigenvalue weighted by Gasteiger charge is -2.32. The van der Waals surface area contributed by atoms with E-state index in [-0.39, 0.29) is 18.6 Å². The molecule has 1 aromatic heterocycles. The molecule has 1 unspecified atom stereocenters. The lowest BCUT2D eigenvalue weighted by molar-refractivity contribution is 0.158. The van der Waals surface area contributed by atoms with Gasteiger partial charge in [-0.1, -0.05) is 0 Å². The lowest BCUT2D eigenvalue weighted by Crippen LogP contribution is -2.46. The number of hydrogen-bond donors (Lipinski definition) is 2. The molecule has 2 heterocycles. The largest absolute Gasteiger partial charge is 0.334 e. The molecule has 7 nitrogen and oxygen atoms in total. The summed E-state index contributed by atoms with van der Waals surface area (Å²) < 4.78 is 1.47. The normalized spacial score (nSPS) is 21.1. The van der Waals surface area contributed by atoms with Crippen molar-refractivity contribution in [1.82, 2.24) is 19.8 Å². The molecule has 1 aromatic rings. The topological polar surface area (TPSA) is 87.2 Å². The number of aromatic nitrogens is 2. The highest BCUT2D eigenvalue weighted by atomic mass is 16.2. The summed E-state index contributed by atoms with van der Waals surface area (Å²) >= 11 is 0. The van der Waals surface area contributed by atoms with E-state index in [1.54, 1.807) is 0 Å². The van der Waals surface area contributed by atoms with Crippen LogP contribution in [0.4, 0.5) is 4.79 Å². The number of carbonyl (C=O) groups excluding carboxylic acids is 1. The third-order valence-electron chi connectivity index (χ3n) is 5.06. The SMILES string of the molecule is CC(C)n1cc(CNC(=O)N2CCCC(C3CC3)C2)c(=O)[nH]c1=O. The molecule has 1 atom stereocenters. The standard InChI is InChI=1S/C17H26N4O3/c1-11(2)21-10-14(15(22)19-17(21)24)8-18-16(23)20-7-3-4-13(9-20)12-5-6-12/h10-13H,3-9H2,1-2H3,(H,18,23)(H,19,22,24). The smallest absolute Gasteiger partial charge is 0.328 e. The molecule has 132 valence electrons. The number of rotatable bonds is 4. The number of amides is 2. The van der Waals surface area contributed by atoms with Crippen LogP contribution in [0.1, 0.15) is 51.1 Å². The molecule has 2 N–H and O–H groups in total. The van der Waals surface area contributed by atoms with Gasteiger partial charge < -0.3 is 10.2 Å². The summed E-state index contributed by atoms with van der Waals surface area (Å²) in [5.41, 5.74) is -0.465. The van der Waals surface area contributed by atoms with Gasteiger partial charge in [0.25, 0.3) is 5.56 Å². The Hall–Kier alpha value is -2.05. The third-order valence-corrected chi connectivity index (χ3v) is 5.06. The number of nitrogens with zero attached hydrogens (tertiary/aromatic N) is 2. The quantitative estimate of drug-likeness (QED) is 0.873. The molecule has 2 aliphatic rings. The van der Waals surface area contributed by atoms with Crippen LogP contribution >= 0.6 is 0 Å². The molecule has 1 aliphatic carbocycles. The maximum atomic E-state index is 12.4. The molecule has 3 rings (SSSR count). The zero-order valence-electron chi connectivity index (χ0n) is 14.4. The molecular formula is C17H26N4O3. The highest BCUT2D eigenvalue weighted by molar-refractivity contribution is 5.74. The molecule has 0 aromatic carbocycles. The summed E-state index contributed by atoms with van der Waals surface area (Å²) in [4.78, 5) is 40.2. The summed E-state index contributed by atoms with van der Waals surface area (Å²) in [5.74, 6) is 1.44. The van der Waals surface area contributed by atoms with Crippen molar-refractivity contribution in [2.75, 3.05) is 13.1 Å². The van der Waals surface area contributed by atoms with Gasteiger partial charge in [-0.15, -0.1) is 0 Å². The van der Waals surface area contributed by atoms with E-state index >= 15 is 0 Å². The van der Waals surface area contributed by atoms with Crippen molar-refractivity contribution in [2.24, 2.45) is 11.8 Å². The van der Waals surface area contributed by atoms with Gasteiger partial charge >= 0.3 is 11.7 Å². The van der Waals surface area contributed by atoms with Gasteiger partial charge in [0.1, 0.15) is 0 Å². The second kappa shape index (κ2) is 6.83. The van der Waals surface area contributed by atoms with E-state index in [0.717, 1.165) is 25.4 Å². The van der Waals surface area contributed by atoms with Gasteiger partial charge in [0, 0.05) is 25.3 Å². The second-order valence-corrected chi connectivity index (χ2v) is 7.26. The fourth-order valence-electron chi connectivity index (χ4n) is 3.47. The first kappa shape index (κ1) is 16.8. The molecule has 1 saturated heterocycles. The van der Waals surface area contributed by atoms with Crippen LogP contribution in [-0.2, 0) is 6.54 Å². The average molecular weight is 334 g/mol. The first-order valence-corrected chi connectivity index (χ1v) is 8.83. The third kappa shape index (κ3) is 3.71. The van der Waals surface area contributed by atoms with E-state index < -0.39 is 11.2 Å².